The average Bonchev–Trinajstić information content (AvgIpc) is 2.23. The van der Waals surface area contributed by atoms with Crippen LogP contribution in [-0.4, -0.2) is 0 Å². The van der Waals surface area contributed by atoms with Crippen molar-refractivity contribution in [2.75, 3.05) is 0 Å². The number of hydrogen-bond donors (Lipinski definition) is 0. The van der Waals surface area contributed by atoms with Gasteiger partial charge in [0.25, 0.3) is 0 Å². The van der Waals surface area contributed by atoms with Crippen molar-refractivity contribution in [2.24, 2.45) is 0 Å². The molecular formula is C13H13ClFP. The number of benzene rings is 2. The molecule has 0 aliphatic carbocycles. The Labute approximate surface area is 104 Å². The van der Waals surface area contributed by atoms with Gasteiger partial charge in [-0.1, -0.05) is 35.9 Å². The fraction of sp³-hybridized carbons (Fsp3) is 0.0769. The standard InChI is InChI=1S/C13H12FP.ClH/c1-9-2-7-13(15)12(8-9)10-3-5-11(14)6-4-10;/h2-8H,15H2,1H3;1H. The minimum Gasteiger partial charge on any atom is -0.207 e. The Balaban J connectivity index is 0.00000128. The molecule has 0 aliphatic heterocycles. The third kappa shape index (κ3) is 2.81. The van der Waals surface area contributed by atoms with Gasteiger partial charge in [0.1, 0.15) is 5.82 Å². The van der Waals surface area contributed by atoms with E-state index in [1.807, 2.05) is 0 Å². The highest BCUT2D eigenvalue weighted by atomic mass is 35.5. The van der Waals surface area contributed by atoms with Crippen LogP contribution in [0.25, 0.3) is 11.1 Å². The zero-order chi connectivity index (χ0) is 10.8. The maximum absolute atomic E-state index is 12.8. The van der Waals surface area contributed by atoms with Crippen molar-refractivity contribution in [1.82, 2.24) is 0 Å². The lowest BCUT2D eigenvalue weighted by Gasteiger charge is -2.06. The zero-order valence-corrected chi connectivity index (χ0v) is 10.9. The van der Waals surface area contributed by atoms with Crippen molar-refractivity contribution in [3.8, 4) is 11.1 Å². The normalized spacial score (nSPS) is 9.69. The SMILES string of the molecule is Cc1ccc(P)c(-c2ccc(F)cc2)c1.Cl. The summed E-state index contributed by atoms with van der Waals surface area (Å²) in [5, 5.41) is 1.13. The van der Waals surface area contributed by atoms with Gasteiger partial charge in [0.05, 0.1) is 0 Å². The third-order valence-corrected chi connectivity index (χ3v) is 2.87. The van der Waals surface area contributed by atoms with Crippen LogP contribution >= 0.6 is 21.6 Å². The molecular weight excluding hydrogens is 242 g/mol. The maximum atomic E-state index is 12.8. The minimum atomic E-state index is -0.197. The van der Waals surface area contributed by atoms with Crippen LogP contribution in [0, 0.1) is 12.7 Å². The van der Waals surface area contributed by atoms with Gasteiger partial charge in [-0.15, -0.1) is 21.6 Å². The van der Waals surface area contributed by atoms with E-state index >= 15 is 0 Å². The molecule has 2 aromatic carbocycles. The van der Waals surface area contributed by atoms with Gasteiger partial charge < -0.3 is 0 Å². The molecule has 1 unspecified atom stereocenters. The van der Waals surface area contributed by atoms with E-state index in [2.05, 4.69) is 34.4 Å². The van der Waals surface area contributed by atoms with Crippen LogP contribution in [-0.2, 0) is 0 Å². The Bertz CT molecular complexity index is 480. The quantitative estimate of drug-likeness (QED) is 0.681. The largest absolute Gasteiger partial charge is 0.207 e. The summed E-state index contributed by atoms with van der Waals surface area (Å²) in [6.45, 7) is 2.05. The monoisotopic (exact) mass is 254 g/mol. The average molecular weight is 255 g/mol. The molecule has 0 nitrogen and oxygen atoms in total. The van der Waals surface area contributed by atoms with E-state index in [1.165, 1.54) is 17.7 Å². The van der Waals surface area contributed by atoms with Crippen LogP contribution in [0.3, 0.4) is 0 Å². The fourth-order valence-corrected chi connectivity index (χ4v) is 1.90. The molecule has 0 aliphatic rings. The molecule has 0 heterocycles. The van der Waals surface area contributed by atoms with Gasteiger partial charge in [-0.25, -0.2) is 4.39 Å². The summed E-state index contributed by atoms with van der Waals surface area (Å²) < 4.78 is 12.8. The molecule has 0 N–H and O–H groups in total. The minimum absolute atomic E-state index is 0. The van der Waals surface area contributed by atoms with E-state index < -0.39 is 0 Å². The molecule has 0 aromatic heterocycles. The molecule has 0 fully saturated rings. The predicted octanol–water partition coefficient (Wildman–Crippen LogP) is 3.72. The summed E-state index contributed by atoms with van der Waals surface area (Å²) in [6, 6.07) is 12.8. The van der Waals surface area contributed by atoms with Gasteiger partial charge >= 0.3 is 0 Å². The van der Waals surface area contributed by atoms with Crippen LogP contribution in [0.1, 0.15) is 5.56 Å². The van der Waals surface area contributed by atoms with Crippen LogP contribution in [0.4, 0.5) is 4.39 Å². The first-order valence-electron chi connectivity index (χ1n) is 4.79. The Morgan fingerprint density at radius 1 is 1.00 bits per heavy atom. The van der Waals surface area contributed by atoms with E-state index in [0.717, 1.165) is 16.4 Å². The molecule has 0 saturated heterocycles. The van der Waals surface area contributed by atoms with E-state index in [0.29, 0.717) is 0 Å². The molecule has 2 rings (SSSR count). The second-order valence-electron chi connectivity index (χ2n) is 3.60. The number of rotatable bonds is 1. The van der Waals surface area contributed by atoms with Crippen molar-refractivity contribution >= 4 is 27.0 Å². The molecule has 16 heavy (non-hydrogen) atoms. The summed E-state index contributed by atoms with van der Waals surface area (Å²) in [4.78, 5) is 0. The van der Waals surface area contributed by atoms with Gasteiger partial charge in [-0.3, -0.25) is 0 Å². The molecule has 3 heteroatoms. The Morgan fingerprint density at radius 3 is 2.25 bits per heavy atom. The first-order chi connectivity index (χ1) is 7.16. The molecule has 0 radical (unpaired) electrons. The van der Waals surface area contributed by atoms with Crippen LogP contribution in [0.5, 0.6) is 0 Å². The smallest absolute Gasteiger partial charge is 0.123 e. The highest BCUT2D eigenvalue weighted by Crippen LogP contribution is 2.20. The number of aryl methyl sites for hydroxylation is 1. The second-order valence-corrected chi connectivity index (χ2v) is 4.22. The van der Waals surface area contributed by atoms with Crippen LogP contribution in [0.15, 0.2) is 42.5 Å². The lowest BCUT2D eigenvalue weighted by Crippen LogP contribution is -1.96. The first kappa shape index (κ1) is 13.2. The second kappa shape index (κ2) is 5.43. The molecule has 0 saturated carbocycles. The summed E-state index contributed by atoms with van der Waals surface area (Å²) in [6.07, 6.45) is 0. The van der Waals surface area contributed by atoms with Gasteiger partial charge in [0.15, 0.2) is 0 Å². The van der Waals surface area contributed by atoms with Crippen molar-refractivity contribution in [3.05, 3.63) is 53.8 Å². The zero-order valence-electron chi connectivity index (χ0n) is 8.91. The summed E-state index contributed by atoms with van der Waals surface area (Å²) in [5.41, 5.74) is 3.39. The summed E-state index contributed by atoms with van der Waals surface area (Å²) in [5.74, 6) is -0.197. The van der Waals surface area contributed by atoms with E-state index in [1.54, 1.807) is 12.1 Å². The highest BCUT2D eigenvalue weighted by Gasteiger charge is 2.02. The predicted molar refractivity (Wildman–Crippen MR) is 73.2 cm³/mol. The molecule has 0 bridgehead atoms. The van der Waals surface area contributed by atoms with Crippen LogP contribution in [0.2, 0.25) is 0 Å². The van der Waals surface area contributed by atoms with Gasteiger partial charge in [0, 0.05) is 0 Å². The number of halogens is 2. The first-order valence-corrected chi connectivity index (χ1v) is 5.36. The molecule has 84 valence electrons. The van der Waals surface area contributed by atoms with Crippen molar-refractivity contribution in [2.45, 2.75) is 6.92 Å². The lowest BCUT2D eigenvalue weighted by molar-refractivity contribution is 0.628. The maximum Gasteiger partial charge on any atom is 0.123 e. The third-order valence-electron chi connectivity index (χ3n) is 2.36. The van der Waals surface area contributed by atoms with Crippen molar-refractivity contribution in [1.29, 1.82) is 0 Å². The molecule has 1 atom stereocenters. The Kier molecular flexibility index (Phi) is 4.46. The van der Waals surface area contributed by atoms with Crippen molar-refractivity contribution in [3.63, 3.8) is 0 Å². The Morgan fingerprint density at radius 2 is 1.62 bits per heavy atom. The van der Waals surface area contributed by atoms with Crippen molar-refractivity contribution < 1.29 is 4.39 Å². The van der Waals surface area contributed by atoms with Gasteiger partial charge in [0.2, 0.25) is 0 Å². The molecule has 0 spiro atoms. The topological polar surface area (TPSA) is 0 Å². The Hall–Kier alpha value is -0.910. The molecule has 2 aromatic rings. The van der Waals surface area contributed by atoms with Crippen LogP contribution < -0.4 is 5.30 Å². The fourth-order valence-electron chi connectivity index (χ4n) is 1.55. The van der Waals surface area contributed by atoms with E-state index in [9.17, 15) is 4.39 Å². The summed E-state index contributed by atoms with van der Waals surface area (Å²) >= 11 is 0. The molecule has 0 amide bonds. The lowest BCUT2D eigenvalue weighted by atomic mass is 10.0. The van der Waals surface area contributed by atoms with Gasteiger partial charge in [-0.2, -0.15) is 0 Å². The van der Waals surface area contributed by atoms with E-state index in [4.69, 9.17) is 0 Å². The number of hydrogen-bond acceptors (Lipinski definition) is 0. The van der Waals surface area contributed by atoms with E-state index in [-0.39, 0.29) is 18.2 Å². The highest BCUT2D eigenvalue weighted by molar-refractivity contribution is 7.28. The summed E-state index contributed by atoms with van der Waals surface area (Å²) in [7, 11) is 2.70. The van der Waals surface area contributed by atoms with Gasteiger partial charge in [-0.05, 0) is 35.5 Å².